The topological polar surface area (TPSA) is 273 Å². The number of carbonyl (C=O) groups excluding carboxylic acids is 7. The third kappa shape index (κ3) is 23.5. The number of aliphatic hydroxyl groups excluding tert-OH is 1. The largest absolute Gasteiger partial charge is 0.481 e. The van der Waals surface area contributed by atoms with Crippen molar-refractivity contribution in [2.24, 2.45) is 5.41 Å². The molecule has 7 N–H and O–H groups in total. The van der Waals surface area contributed by atoms with Crippen LogP contribution in [0.15, 0.2) is 60.8 Å². The van der Waals surface area contributed by atoms with Crippen LogP contribution in [0.4, 0.5) is 18.4 Å². The highest BCUT2D eigenvalue weighted by molar-refractivity contribution is 8.01. The van der Waals surface area contributed by atoms with E-state index in [-0.39, 0.29) is 57.8 Å². The lowest BCUT2D eigenvalue weighted by molar-refractivity contribution is -0.143. The van der Waals surface area contributed by atoms with Gasteiger partial charge in [0.15, 0.2) is 0 Å². The number of alkyl carbamates (subject to hydrolysis) is 2. The Hall–Kier alpha value is -6.32. The molecule has 1 aromatic heterocycles. The summed E-state index contributed by atoms with van der Waals surface area (Å²) >= 11 is 0.815. The summed E-state index contributed by atoms with van der Waals surface area (Å²) < 4.78 is 47.4. The SMILES string of the molecule is CCC(SC(CC(=O)O)C(=O)NCC(=O)NCCNC(=O)C(CCN(C(=O)CO)C(c1cc(-c2cc(F)ccc2F)cn1Cc1ccccc1)C(C)(C)C)NC(=O)OCC[Si](C)(C)C)C(NC(=O)OCC[Si](C)(C)C)C(=O)OC. The monoisotopic (exact) mass is 1160 g/mol. The molecule has 2 aromatic carbocycles. The van der Waals surface area contributed by atoms with Crippen LogP contribution in [0.2, 0.25) is 51.4 Å². The van der Waals surface area contributed by atoms with Gasteiger partial charge in [-0.3, -0.25) is 24.0 Å². The van der Waals surface area contributed by atoms with Gasteiger partial charge in [0.2, 0.25) is 23.6 Å². The van der Waals surface area contributed by atoms with Crippen LogP contribution in [0.5, 0.6) is 0 Å². The van der Waals surface area contributed by atoms with Gasteiger partial charge in [0, 0.05) is 70.6 Å². The number of carboxylic acids is 1. The molecule has 6 amide bonds. The molecule has 0 saturated heterocycles. The van der Waals surface area contributed by atoms with Crippen LogP contribution >= 0.6 is 11.8 Å². The van der Waals surface area contributed by atoms with Gasteiger partial charge in [-0.1, -0.05) is 97.3 Å². The van der Waals surface area contributed by atoms with E-state index in [4.69, 9.17) is 14.2 Å². The Labute approximate surface area is 468 Å². The number of aliphatic hydroxyl groups is 1. The van der Waals surface area contributed by atoms with E-state index in [2.05, 4.69) is 65.9 Å². The number of esters is 1. The number of aromatic nitrogens is 1. The summed E-state index contributed by atoms with van der Waals surface area (Å²) in [6, 6.07) is 11.9. The molecule has 5 unspecified atom stereocenters. The number of carboxylic acid groups (broad SMARTS) is 1. The molecule has 3 aromatic rings. The molecular formula is C54H81F2N7O13SSi2. The molecule has 79 heavy (non-hydrogen) atoms. The van der Waals surface area contributed by atoms with Crippen molar-refractivity contribution in [2.75, 3.05) is 53.1 Å². The summed E-state index contributed by atoms with van der Waals surface area (Å²) in [5.41, 5.74) is 0.901. The Kier molecular flexibility index (Phi) is 26.7. The Morgan fingerprint density at radius 2 is 1.42 bits per heavy atom. The lowest BCUT2D eigenvalue weighted by Gasteiger charge is -2.41. The molecule has 20 nitrogen and oxygen atoms in total. The Morgan fingerprint density at radius 3 is 1.97 bits per heavy atom. The smallest absolute Gasteiger partial charge is 0.407 e. The van der Waals surface area contributed by atoms with Crippen molar-refractivity contribution >= 4 is 75.7 Å². The van der Waals surface area contributed by atoms with Crippen molar-refractivity contribution in [1.29, 1.82) is 0 Å². The van der Waals surface area contributed by atoms with E-state index >= 15 is 4.39 Å². The number of amides is 6. The number of carbonyl (C=O) groups is 8. The number of nitrogens with one attached hydrogen (secondary N) is 5. The van der Waals surface area contributed by atoms with Gasteiger partial charge in [-0.25, -0.2) is 23.2 Å². The zero-order valence-electron chi connectivity index (χ0n) is 47.3. The first kappa shape index (κ1) is 67.0. The first-order chi connectivity index (χ1) is 37.0. The predicted octanol–water partition coefficient (Wildman–Crippen LogP) is 6.52. The van der Waals surface area contributed by atoms with Crippen molar-refractivity contribution in [2.45, 2.75) is 133 Å². The summed E-state index contributed by atoms with van der Waals surface area (Å²) in [6.07, 6.45) is -0.821. The molecule has 0 aliphatic carbocycles. The molecule has 438 valence electrons. The van der Waals surface area contributed by atoms with Crippen molar-refractivity contribution in [1.82, 2.24) is 36.1 Å². The number of halogens is 2. The molecule has 0 bridgehead atoms. The first-order valence-electron chi connectivity index (χ1n) is 26.2. The number of rotatable bonds is 31. The number of benzene rings is 2. The highest BCUT2D eigenvalue weighted by Gasteiger charge is 2.39. The third-order valence-corrected chi connectivity index (χ3v) is 17.4. The lowest BCUT2D eigenvalue weighted by atomic mass is 9.82. The Bertz CT molecular complexity index is 2540. The van der Waals surface area contributed by atoms with Gasteiger partial charge in [0.25, 0.3) is 0 Å². The van der Waals surface area contributed by atoms with Gasteiger partial charge in [0.1, 0.15) is 30.3 Å². The number of aliphatic carboxylic acids is 1. The average molecular weight is 1160 g/mol. The summed E-state index contributed by atoms with van der Waals surface area (Å²) in [5, 5.41) is 30.7. The summed E-state index contributed by atoms with van der Waals surface area (Å²) in [4.78, 5) is 106. The molecule has 0 saturated carbocycles. The molecular weight excluding hydrogens is 1080 g/mol. The van der Waals surface area contributed by atoms with Gasteiger partial charge >= 0.3 is 24.1 Å². The molecule has 0 radical (unpaired) electrons. The van der Waals surface area contributed by atoms with Crippen LogP contribution in [0.25, 0.3) is 11.1 Å². The standard InChI is InChI=1S/C54H81F2N7O13SSi2/c1-12-42(47(51(71)74-5)61-53(73)76-25-27-79(9,10)11)77-43(30-46(67)68)50(70)59-31-44(65)57-21-22-58-49(69)40(60-52(72)75-24-26-78(6,7)8)20-23-63(45(66)34-64)48(54(2,3)4)41-28-36(38-29-37(55)18-19-39(38)56)33-62(41)32-35-16-14-13-15-17-35/h13-19,28-29,33,40,42-43,47-48,64H,12,20-27,30-32,34H2,1-11H3,(H,57,65)(H,58,69)(H,59,70)(H,60,72)(H,61,73)(H,67,68). The minimum Gasteiger partial charge on any atom is -0.481 e. The van der Waals surface area contributed by atoms with Crippen LogP contribution in [-0.4, -0.2) is 159 Å². The van der Waals surface area contributed by atoms with Gasteiger partial charge in [0.05, 0.1) is 44.6 Å². The number of ether oxygens (including phenoxy) is 3. The van der Waals surface area contributed by atoms with Crippen molar-refractivity contribution in [3.8, 4) is 11.1 Å². The summed E-state index contributed by atoms with van der Waals surface area (Å²) in [7, 11) is -2.08. The van der Waals surface area contributed by atoms with Crippen molar-refractivity contribution < 1.29 is 71.6 Å². The van der Waals surface area contributed by atoms with Crippen molar-refractivity contribution in [3.05, 3.63) is 83.7 Å². The minimum absolute atomic E-state index is 0.00946. The van der Waals surface area contributed by atoms with E-state index in [0.29, 0.717) is 23.3 Å². The second kappa shape index (κ2) is 31.5. The highest BCUT2D eigenvalue weighted by Crippen LogP contribution is 2.41. The third-order valence-electron chi connectivity index (χ3n) is 12.3. The van der Waals surface area contributed by atoms with Crippen LogP contribution in [0.3, 0.4) is 0 Å². The molecule has 3 rings (SSSR count). The van der Waals surface area contributed by atoms with Crippen LogP contribution in [0.1, 0.15) is 64.3 Å². The van der Waals surface area contributed by atoms with Crippen LogP contribution < -0.4 is 26.6 Å². The molecule has 0 aliphatic heterocycles. The zero-order chi connectivity index (χ0) is 59.3. The second-order valence-corrected chi connectivity index (χ2v) is 35.1. The Morgan fingerprint density at radius 1 is 0.810 bits per heavy atom. The van der Waals surface area contributed by atoms with E-state index in [9.17, 15) is 53.0 Å². The average Bonchev–Trinajstić information content (AvgIpc) is 3.88. The number of methoxy groups -OCH3 is 1. The van der Waals surface area contributed by atoms with Crippen LogP contribution in [-0.2, 0) is 49.5 Å². The predicted molar refractivity (Wildman–Crippen MR) is 303 cm³/mol. The fourth-order valence-corrected chi connectivity index (χ4v) is 11.0. The quantitative estimate of drug-likeness (QED) is 0.0156. The maximum absolute atomic E-state index is 15.3. The maximum Gasteiger partial charge on any atom is 0.407 e. The number of hydrogen-bond acceptors (Lipinski definition) is 13. The van der Waals surface area contributed by atoms with Gasteiger partial charge in [-0.05, 0) is 60.2 Å². The number of nitrogens with zero attached hydrogens (tertiary/aromatic N) is 2. The Balaban J connectivity index is 1.81. The fourth-order valence-electron chi connectivity index (χ4n) is 8.16. The lowest BCUT2D eigenvalue weighted by Crippen LogP contribution is -2.51. The number of hydrogen-bond donors (Lipinski definition) is 7. The fraction of sp³-hybridized carbons (Fsp3) is 0.556. The van der Waals surface area contributed by atoms with Crippen LogP contribution in [0, 0.1) is 17.0 Å². The van der Waals surface area contributed by atoms with E-state index in [1.165, 1.54) is 4.90 Å². The molecule has 0 fully saturated rings. The van der Waals surface area contributed by atoms with E-state index < -0.39 is 129 Å². The van der Waals surface area contributed by atoms with Gasteiger partial charge < -0.3 is 60.5 Å². The van der Waals surface area contributed by atoms with E-state index in [0.717, 1.165) is 42.6 Å². The normalized spacial score (nSPS) is 13.6. The highest BCUT2D eigenvalue weighted by atomic mass is 32.2. The molecule has 0 spiro atoms. The second-order valence-electron chi connectivity index (χ2n) is 22.5. The maximum atomic E-state index is 15.3. The summed E-state index contributed by atoms with van der Waals surface area (Å²) in [6.45, 7) is 18.2. The van der Waals surface area contributed by atoms with Gasteiger partial charge in [-0.2, -0.15) is 0 Å². The molecule has 0 aliphatic rings. The molecule has 1 heterocycles. The van der Waals surface area contributed by atoms with E-state index in [1.807, 2.05) is 55.7 Å². The molecule has 25 heteroatoms. The first-order valence-corrected chi connectivity index (χ1v) is 34.6. The minimum atomic E-state index is -1.64. The van der Waals surface area contributed by atoms with Crippen molar-refractivity contribution in [3.63, 3.8) is 0 Å². The van der Waals surface area contributed by atoms with E-state index in [1.54, 1.807) is 19.2 Å². The van der Waals surface area contributed by atoms with Gasteiger partial charge in [-0.15, -0.1) is 11.8 Å². The summed E-state index contributed by atoms with van der Waals surface area (Å²) in [5.74, 6) is -6.49. The number of thioether (sulfide) groups is 1. The molecule has 5 atom stereocenters. The zero-order valence-corrected chi connectivity index (χ0v) is 50.1.